The molecule has 1 aliphatic rings. The van der Waals surface area contributed by atoms with Gasteiger partial charge in [-0.15, -0.1) is 0 Å². The lowest BCUT2D eigenvalue weighted by Gasteiger charge is -2.30. The third-order valence-corrected chi connectivity index (χ3v) is 3.40. The molecule has 0 spiro atoms. The summed E-state index contributed by atoms with van der Waals surface area (Å²) in [6, 6.07) is 6.90. The van der Waals surface area contributed by atoms with Crippen LogP contribution in [0.15, 0.2) is 24.3 Å². The number of carbonyl (C=O) groups is 1. The van der Waals surface area contributed by atoms with E-state index in [1.54, 1.807) is 30.1 Å². The third-order valence-electron chi connectivity index (χ3n) is 3.40. The maximum atomic E-state index is 12.3. The van der Waals surface area contributed by atoms with Crippen molar-refractivity contribution in [3.63, 3.8) is 0 Å². The SMILES string of the molecule is CN1CC(NCc2ccccc2OC(F)F)CCC1=O. The number of ether oxygens (including phenoxy) is 1. The van der Waals surface area contributed by atoms with E-state index in [9.17, 15) is 13.6 Å². The first kappa shape index (κ1) is 14.7. The Morgan fingerprint density at radius 3 is 2.90 bits per heavy atom. The van der Waals surface area contributed by atoms with Crippen molar-refractivity contribution >= 4 is 5.91 Å². The summed E-state index contributed by atoms with van der Waals surface area (Å²) in [5.74, 6) is 0.333. The largest absolute Gasteiger partial charge is 0.434 e. The van der Waals surface area contributed by atoms with Gasteiger partial charge in [-0.2, -0.15) is 8.78 Å². The van der Waals surface area contributed by atoms with Crippen molar-refractivity contribution in [3.8, 4) is 5.75 Å². The fourth-order valence-electron chi connectivity index (χ4n) is 2.29. The van der Waals surface area contributed by atoms with Crippen molar-refractivity contribution in [2.24, 2.45) is 0 Å². The van der Waals surface area contributed by atoms with Crippen molar-refractivity contribution in [2.45, 2.75) is 32.0 Å². The van der Waals surface area contributed by atoms with Crippen LogP contribution in [0.4, 0.5) is 8.78 Å². The molecule has 1 atom stereocenters. The maximum absolute atomic E-state index is 12.3. The zero-order chi connectivity index (χ0) is 14.5. The van der Waals surface area contributed by atoms with Gasteiger partial charge in [-0.3, -0.25) is 4.79 Å². The van der Waals surface area contributed by atoms with Crippen LogP contribution in [0.25, 0.3) is 0 Å². The molecule has 0 aromatic heterocycles. The Hall–Kier alpha value is -1.69. The highest BCUT2D eigenvalue weighted by Gasteiger charge is 2.22. The van der Waals surface area contributed by atoms with Gasteiger partial charge in [-0.1, -0.05) is 18.2 Å². The zero-order valence-corrected chi connectivity index (χ0v) is 11.3. The van der Waals surface area contributed by atoms with Gasteiger partial charge >= 0.3 is 6.61 Å². The van der Waals surface area contributed by atoms with Gasteiger partial charge < -0.3 is 15.0 Å². The monoisotopic (exact) mass is 284 g/mol. The van der Waals surface area contributed by atoms with Crippen LogP contribution in [-0.2, 0) is 11.3 Å². The highest BCUT2D eigenvalue weighted by Crippen LogP contribution is 2.20. The van der Waals surface area contributed by atoms with Crippen molar-refractivity contribution in [2.75, 3.05) is 13.6 Å². The van der Waals surface area contributed by atoms with Crippen molar-refractivity contribution in [1.29, 1.82) is 0 Å². The minimum atomic E-state index is -2.82. The van der Waals surface area contributed by atoms with Crippen molar-refractivity contribution in [1.82, 2.24) is 10.2 Å². The number of carbonyl (C=O) groups excluding carboxylic acids is 1. The lowest BCUT2D eigenvalue weighted by Crippen LogP contribution is -2.46. The average molecular weight is 284 g/mol. The highest BCUT2D eigenvalue weighted by atomic mass is 19.3. The molecule has 1 N–H and O–H groups in total. The number of likely N-dealkylation sites (tertiary alicyclic amines) is 1. The average Bonchev–Trinajstić information content (AvgIpc) is 2.41. The summed E-state index contributed by atoms with van der Waals surface area (Å²) in [4.78, 5) is 13.1. The van der Waals surface area contributed by atoms with E-state index in [4.69, 9.17) is 0 Å². The second-order valence-electron chi connectivity index (χ2n) is 4.88. The Morgan fingerprint density at radius 1 is 1.45 bits per heavy atom. The first-order chi connectivity index (χ1) is 9.56. The smallest absolute Gasteiger partial charge is 0.387 e. The van der Waals surface area contributed by atoms with Gasteiger partial charge in [0, 0.05) is 38.2 Å². The van der Waals surface area contributed by atoms with Gasteiger partial charge in [-0.25, -0.2) is 0 Å². The zero-order valence-electron chi connectivity index (χ0n) is 11.3. The number of likely N-dealkylation sites (N-methyl/N-ethyl adjacent to an activating group) is 1. The summed E-state index contributed by atoms with van der Waals surface area (Å²) in [6.45, 7) is -1.75. The number of alkyl halides is 2. The summed E-state index contributed by atoms with van der Waals surface area (Å²) in [5.41, 5.74) is 0.687. The minimum Gasteiger partial charge on any atom is -0.434 e. The Bertz CT molecular complexity index is 468. The van der Waals surface area contributed by atoms with E-state index in [-0.39, 0.29) is 17.7 Å². The molecule has 6 heteroatoms. The molecule has 1 unspecified atom stereocenters. The predicted molar refractivity (Wildman–Crippen MR) is 70.6 cm³/mol. The van der Waals surface area contributed by atoms with Crippen LogP contribution in [0, 0.1) is 0 Å². The number of benzene rings is 1. The van der Waals surface area contributed by atoms with Crippen LogP contribution in [0.2, 0.25) is 0 Å². The Morgan fingerprint density at radius 2 is 2.20 bits per heavy atom. The lowest BCUT2D eigenvalue weighted by molar-refractivity contribution is -0.132. The molecule has 0 saturated carbocycles. The molecular formula is C14H18F2N2O2. The van der Waals surface area contributed by atoms with Crippen LogP contribution in [0.1, 0.15) is 18.4 Å². The Balaban J connectivity index is 1.92. The molecule has 4 nitrogen and oxygen atoms in total. The number of halogens is 2. The first-order valence-corrected chi connectivity index (χ1v) is 6.56. The van der Waals surface area contributed by atoms with Crippen LogP contribution in [-0.4, -0.2) is 37.1 Å². The van der Waals surface area contributed by atoms with E-state index in [1.165, 1.54) is 6.07 Å². The van der Waals surface area contributed by atoms with E-state index < -0.39 is 6.61 Å². The summed E-state index contributed by atoms with van der Waals surface area (Å²) < 4.78 is 29.1. The molecule has 1 aromatic carbocycles. The van der Waals surface area contributed by atoms with Gasteiger partial charge in [0.15, 0.2) is 0 Å². The molecule has 1 aromatic rings. The molecule has 1 fully saturated rings. The number of hydrogen-bond acceptors (Lipinski definition) is 3. The molecule has 110 valence electrons. The number of nitrogens with zero attached hydrogens (tertiary/aromatic N) is 1. The second-order valence-corrected chi connectivity index (χ2v) is 4.88. The number of amides is 1. The molecule has 1 saturated heterocycles. The molecule has 20 heavy (non-hydrogen) atoms. The predicted octanol–water partition coefficient (Wildman–Crippen LogP) is 2.00. The summed E-state index contributed by atoms with van der Waals surface area (Å²) in [7, 11) is 1.77. The number of rotatable bonds is 5. The highest BCUT2D eigenvalue weighted by molar-refractivity contribution is 5.76. The van der Waals surface area contributed by atoms with Crippen molar-refractivity contribution in [3.05, 3.63) is 29.8 Å². The van der Waals surface area contributed by atoms with E-state index in [1.807, 2.05) is 0 Å². The first-order valence-electron chi connectivity index (χ1n) is 6.56. The summed E-state index contributed by atoms with van der Waals surface area (Å²) in [5, 5.41) is 3.28. The molecule has 1 heterocycles. The quantitative estimate of drug-likeness (QED) is 0.899. The van der Waals surface area contributed by atoms with Gasteiger partial charge in [0.25, 0.3) is 0 Å². The van der Waals surface area contributed by atoms with Crippen molar-refractivity contribution < 1.29 is 18.3 Å². The number of nitrogens with one attached hydrogen (secondary N) is 1. The Kier molecular flexibility index (Phi) is 4.89. The standard InChI is InChI=1S/C14H18F2N2O2/c1-18-9-11(6-7-13(18)19)17-8-10-4-2-3-5-12(10)20-14(15)16/h2-5,11,14,17H,6-9H2,1H3. The van der Waals surface area contributed by atoms with E-state index in [2.05, 4.69) is 10.1 Å². The molecular weight excluding hydrogens is 266 g/mol. The van der Waals surface area contributed by atoms with Gasteiger partial charge in [0.1, 0.15) is 5.75 Å². The van der Waals surface area contributed by atoms with Crippen LogP contribution in [0.5, 0.6) is 5.75 Å². The van der Waals surface area contributed by atoms with Crippen LogP contribution in [0.3, 0.4) is 0 Å². The molecule has 1 aliphatic heterocycles. The number of piperidine rings is 1. The normalized spacial score (nSPS) is 19.5. The second kappa shape index (κ2) is 6.65. The minimum absolute atomic E-state index is 0.143. The van der Waals surface area contributed by atoms with Gasteiger partial charge in [0.05, 0.1) is 0 Å². The van der Waals surface area contributed by atoms with Gasteiger partial charge in [0.2, 0.25) is 5.91 Å². The van der Waals surface area contributed by atoms with E-state index in [0.29, 0.717) is 25.1 Å². The maximum Gasteiger partial charge on any atom is 0.387 e. The van der Waals surface area contributed by atoms with Gasteiger partial charge in [-0.05, 0) is 12.5 Å². The van der Waals surface area contributed by atoms with Crippen LogP contribution < -0.4 is 10.1 Å². The fraction of sp³-hybridized carbons (Fsp3) is 0.500. The lowest BCUT2D eigenvalue weighted by atomic mass is 10.1. The molecule has 1 amide bonds. The molecule has 0 aliphatic carbocycles. The van der Waals surface area contributed by atoms with E-state index in [0.717, 1.165) is 6.42 Å². The topological polar surface area (TPSA) is 41.6 Å². The third kappa shape index (κ3) is 3.90. The molecule has 0 radical (unpaired) electrons. The number of para-hydroxylation sites is 1. The Labute approximate surface area is 116 Å². The van der Waals surface area contributed by atoms with Crippen LogP contribution >= 0.6 is 0 Å². The molecule has 0 bridgehead atoms. The van der Waals surface area contributed by atoms with E-state index >= 15 is 0 Å². The summed E-state index contributed by atoms with van der Waals surface area (Å²) >= 11 is 0. The number of hydrogen-bond donors (Lipinski definition) is 1. The molecule has 2 rings (SSSR count). The fourth-order valence-corrected chi connectivity index (χ4v) is 2.29. The summed E-state index contributed by atoms with van der Waals surface area (Å²) in [6.07, 6.45) is 1.28.